The summed E-state index contributed by atoms with van der Waals surface area (Å²) in [6, 6.07) is 0. The summed E-state index contributed by atoms with van der Waals surface area (Å²) in [4.78, 5) is 0. The molecule has 0 atom stereocenters. The second kappa shape index (κ2) is 12.2. The Kier molecular flexibility index (Phi) is 13.7. The van der Waals surface area contributed by atoms with Gasteiger partial charge in [0.15, 0.2) is 0 Å². The summed E-state index contributed by atoms with van der Waals surface area (Å²) in [6.07, 6.45) is 0. The highest BCUT2D eigenvalue weighted by Crippen LogP contribution is 2.04. The number of rotatable bonds is 8. The molecule has 5 nitrogen and oxygen atoms in total. The van der Waals surface area contributed by atoms with Gasteiger partial charge in [-0.25, -0.2) is 0 Å². The van der Waals surface area contributed by atoms with E-state index in [-0.39, 0.29) is 15.4 Å². The Morgan fingerprint density at radius 2 is 1.35 bits per heavy atom. The Hall–Kier alpha value is -0.286. The highest BCUT2D eigenvalue weighted by atomic mass is 28.4. The molecule has 0 spiro atoms. The van der Waals surface area contributed by atoms with Crippen molar-refractivity contribution in [2.45, 2.75) is 5.91 Å². The molecule has 0 aliphatic heterocycles. The summed E-state index contributed by atoms with van der Waals surface area (Å²) in [5.74, 6) is 0.0208. The lowest BCUT2D eigenvalue weighted by molar-refractivity contribution is -0.0430. The largest absolute Gasteiger partial charge is 0.528 e. The van der Waals surface area contributed by atoms with Crippen LogP contribution in [0.15, 0.2) is 24.6 Å². The maximum absolute atomic E-state index is 4.96. The van der Waals surface area contributed by atoms with Gasteiger partial charge in [0.2, 0.25) is 0 Å². The molecule has 0 bridgehead atoms. The van der Waals surface area contributed by atoms with Crippen LogP contribution in [0.1, 0.15) is 0 Å². The van der Waals surface area contributed by atoms with Crippen molar-refractivity contribution in [3.05, 3.63) is 24.6 Å². The van der Waals surface area contributed by atoms with E-state index in [1.54, 1.807) is 41.2 Å². The lowest BCUT2D eigenvalue weighted by Gasteiger charge is -2.19. The predicted molar refractivity (Wildman–Crippen MR) is 73.5 cm³/mol. The van der Waals surface area contributed by atoms with Crippen molar-refractivity contribution < 1.29 is 22.8 Å². The average Bonchev–Trinajstić information content (AvgIpc) is 2.40. The molecule has 0 aliphatic carbocycles. The van der Waals surface area contributed by atoms with Crippen molar-refractivity contribution in [3.63, 3.8) is 0 Å². The summed E-state index contributed by atoms with van der Waals surface area (Å²) < 4.78 is 24.7. The Labute approximate surface area is 108 Å². The molecular formula is C10H24O5Si2. The van der Waals surface area contributed by atoms with E-state index in [1.807, 2.05) is 5.70 Å². The Morgan fingerprint density at radius 1 is 0.941 bits per heavy atom. The Bertz CT molecular complexity index is 185. The van der Waals surface area contributed by atoms with Crippen LogP contribution in [-0.4, -0.2) is 59.8 Å². The first-order valence-electron chi connectivity index (χ1n) is 5.05. The van der Waals surface area contributed by atoms with Gasteiger partial charge < -0.3 is 22.8 Å². The molecule has 0 aromatic rings. The first-order valence-corrected chi connectivity index (χ1v) is 8.48. The van der Waals surface area contributed by atoms with Crippen LogP contribution < -0.4 is 0 Å². The van der Waals surface area contributed by atoms with E-state index in [1.165, 1.54) is 0 Å². The topological polar surface area (TPSA) is 46.2 Å². The SMILES string of the molecule is C=C[SiH2]C(OC)OC.C=C[Si](OC)(OC)OC. The quantitative estimate of drug-likeness (QED) is 0.478. The Morgan fingerprint density at radius 3 is 1.41 bits per heavy atom. The van der Waals surface area contributed by atoms with Gasteiger partial charge in [-0.05, 0) is 5.70 Å². The van der Waals surface area contributed by atoms with Crippen molar-refractivity contribution in [1.29, 1.82) is 0 Å². The minimum Gasteiger partial charge on any atom is -0.374 e. The second-order valence-electron chi connectivity index (χ2n) is 2.85. The maximum Gasteiger partial charge on any atom is 0.528 e. The van der Waals surface area contributed by atoms with Gasteiger partial charge in [-0.15, -0.1) is 12.3 Å². The molecule has 0 N–H and O–H groups in total. The minimum atomic E-state index is -2.43. The van der Waals surface area contributed by atoms with Gasteiger partial charge in [-0.1, -0.05) is 6.58 Å². The van der Waals surface area contributed by atoms with E-state index in [4.69, 9.17) is 22.8 Å². The van der Waals surface area contributed by atoms with Crippen LogP contribution in [0.5, 0.6) is 0 Å². The second-order valence-corrected chi connectivity index (χ2v) is 7.40. The molecule has 0 rings (SSSR count). The van der Waals surface area contributed by atoms with Gasteiger partial charge >= 0.3 is 8.80 Å². The van der Waals surface area contributed by atoms with Gasteiger partial charge in [-0.3, -0.25) is 0 Å². The monoisotopic (exact) mass is 280 g/mol. The third-order valence-corrected chi connectivity index (χ3v) is 5.58. The third kappa shape index (κ3) is 8.44. The van der Waals surface area contributed by atoms with E-state index in [0.717, 1.165) is 0 Å². The summed E-state index contributed by atoms with van der Waals surface area (Å²) in [6.45, 7) is 7.13. The van der Waals surface area contributed by atoms with Crippen molar-refractivity contribution in [2.24, 2.45) is 0 Å². The molecule has 0 amide bonds. The molecule has 0 radical (unpaired) electrons. The molecule has 0 unspecified atom stereocenters. The standard InChI is InChI=1S/C5H12O3Si.C5H12O2Si/c1-5-9(6-2,7-3)8-4;1-4-8-5(6-2)7-3/h5H,1H2,2-4H3;4-5H,1,8H2,2-3H3. The van der Waals surface area contributed by atoms with E-state index < -0.39 is 8.80 Å². The van der Waals surface area contributed by atoms with Crippen molar-refractivity contribution in [2.75, 3.05) is 35.5 Å². The zero-order chi connectivity index (χ0) is 13.7. The van der Waals surface area contributed by atoms with E-state index >= 15 is 0 Å². The van der Waals surface area contributed by atoms with Crippen LogP contribution in [-0.2, 0) is 22.8 Å². The normalized spacial score (nSPS) is 11.4. The molecular weight excluding hydrogens is 256 g/mol. The highest BCUT2D eigenvalue weighted by Gasteiger charge is 2.33. The average molecular weight is 280 g/mol. The summed E-state index contributed by atoms with van der Waals surface area (Å²) >= 11 is 0. The zero-order valence-corrected chi connectivity index (χ0v) is 13.8. The van der Waals surface area contributed by atoms with Crippen LogP contribution >= 0.6 is 0 Å². The van der Waals surface area contributed by atoms with E-state index in [2.05, 4.69) is 13.2 Å². The molecule has 17 heavy (non-hydrogen) atoms. The number of hydrogen-bond donors (Lipinski definition) is 0. The van der Waals surface area contributed by atoms with Crippen LogP contribution in [0.25, 0.3) is 0 Å². The summed E-state index contributed by atoms with van der Waals surface area (Å²) in [5.41, 5.74) is 3.48. The smallest absolute Gasteiger partial charge is 0.374 e. The molecule has 0 aromatic heterocycles. The third-order valence-electron chi connectivity index (χ3n) is 1.99. The molecule has 0 aromatic carbocycles. The number of methoxy groups -OCH3 is 2. The first kappa shape index (κ1) is 19.1. The fraction of sp³-hybridized carbons (Fsp3) is 0.600. The van der Waals surface area contributed by atoms with Crippen LogP contribution in [0, 0.1) is 0 Å². The van der Waals surface area contributed by atoms with Crippen molar-refractivity contribution in [3.8, 4) is 0 Å². The lowest BCUT2D eigenvalue weighted by Crippen LogP contribution is -2.40. The summed E-state index contributed by atoms with van der Waals surface area (Å²) in [5, 5.41) is 0. The highest BCUT2D eigenvalue weighted by molar-refractivity contribution is 6.66. The fourth-order valence-corrected chi connectivity index (χ4v) is 2.58. The lowest BCUT2D eigenvalue weighted by atomic mass is 11.3. The number of ether oxygens (including phenoxy) is 2. The van der Waals surface area contributed by atoms with Gasteiger partial charge in [-0.2, -0.15) is 0 Å². The molecule has 7 heteroatoms. The van der Waals surface area contributed by atoms with Gasteiger partial charge in [0.05, 0.1) is 0 Å². The number of hydrogen-bond acceptors (Lipinski definition) is 5. The predicted octanol–water partition coefficient (Wildman–Crippen LogP) is 0.465. The van der Waals surface area contributed by atoms with Crippen LogP contribution in [0.3, 0.4) is 0 Å². The zero-order valence-electron chi connectivity index (χ0n) is 11.4. The Balaban J connectivity index is 0. The molecule has 0 heterocycles. The molecule has 0 saturated heterocycles. The van der Waals surface area contributed by atoms with Crippen LogP contribution in [0.2, 0.25) is 0 Å². The maximum atomic E-state index is 4.96. The van der Waals surface area contributed by atoms with E-state index in [9.17, 15) is 0 Å². The van der Waals surface area contributed by atoms with Gasteiger partial charge in [0, 0.05) is 35.5 Å². The van der Waals surface area contributed by atoms with Gasteiger partial charge in [0.1, 0.15) is 15.4 Å². The fourth-order valence-electron chi connectivity index (χ4n) is 0.925. The summed E-state index contributed by atoms with van der Waals surface area (Å²) in [7, 11) is 5.14. The van der Waals surface area contributed by atoms with E-state index in [0.29, 0.717) is 0 Å². The first-order chi connectivity index (χ1) is 8.09. The molecule has 0 aliphatic rings. The molecule has 0 fully saturated rings. The van der Waals surface area contributed by atoms with Crippen LogP contribution in [0.4, 0.5) is 0 Å². The van der Waals surface area contributed by atoms with Crippen molar-refractivity contribution >= 4 is 18.3 Å². The van der Waals surface area contributed by atoms with Gasteiger partial charge in [0.25, 0.3) is 0 Å². The molecule has 0 saturated carbocycles. The molecule has 102 valence electrons. The minimum absolute atomic E-state index is 0.0208. The van der Waals surface area contributed by atoms with Crippen molar-refractivity contribution in [1.82, 2.24) is 0 Å².